The summed E-state index contributed by atoms with van der Waals surface area (Å²) in [7, 11) is 1.60. The average molecular weight is 283 g/mol. The molecule has 0 aromatic heterocycles. The van der Waals surface area contributed by atoms with Crippen LogP contribution in [-0.4, -0.2) is 19.5 Å². The normalized spacial score (nSPS) is 10.2. The van der Waals surface area contributed by atoms with Gasteiger partial charge in [-0.3, -0.25) is 4.79 Å². The molecule has 0 saturated carbocycles. The number of benzene rings is 2. The van der Waals surface area contributed by atoms with Crippen LogP contribution in [0.15, 0.2) is 42.5 Å². The zero-order valence-corrected chi connectivity index (χ0v) is 12.4. The van der Waals surface area contributed by atoms with Crippen molar-refractivity contribution in [1.29, 1.82) is 0 Å². The highest BCUT2D eigenvalue weighted by Crippen LogP contribution is 2.20. The second-order valence-electron chi connectivity index (χ2n) is 4.98. The highest BCUT2D eigenvalue weighted by atomic mass is 16.1. The third-order valence-corrected chi connectivity index (χ3v) is 3.51. The average Bonchev–Trinajstić information content (AvgIpc) is 2.50. The molecule has 2 aromatic rings. The summed E-state index contributed by atoms with van der Waals surface area (Å²) in [5.41, 5.74) is 10.6. The molecule has 0 aliphatic carbocycles. The summed E-state index contributed by atoms with van der Waals surface area (Å²) < 4.78 is 0. The van der Waals surface area contributed by atoms with Crippen molar-refractivity contribution in [2.75, 3.05) is 24.6 Å². The first-order chi connectivity index (χ1) is 10.1. The summed E-state index contributed by atoms with van der Waals surface area (Å²) in [6.45, 7) is 2.91. The molecule has 21 heavy (non-hydrogen) atoms. The van der Waals surface area contributed by atoms with Gasteiger partial charge in [0.15, 0.2) is 0 Å². The summed E-state index contributed by atoms with van der Waals surface area (Å²) in [6.07, 6.45) is 0.934. The van der Waals surface area contributed by atoms with Crippen molar-refractivity contribution < 1.29 is 4.79 Å². The van der Waals surface area contributed by atoms with Gasteiger partial charge in [0.25, 0.3) is 5.91 Å². The Labute approximate surface area is 125 Å². The Morgan fingerprint density at radius 3 is 2.62 bits per heavy atom. The lowest BCUT2D eigenvalue weighted by atomic mass is 10.1. The summed E-state index contributed by atoms with van der Waals surface area (Å²) in [4.78, 5) is 11.5. The summed E-state index contributed by atoms with van der Waals surface area (Å²) in [5, 5.41) is 5.90. The number of carbonyl (C=O) groups is 1. The molecule has 0 atom stereocenters. The lowest BCUT2D eigenvalue weighted by Gasteiger charge is -2.11. The Hall–Kier alpha value is -2.49. The molecule has 0 saturated heterocycles. The molecule has 0 bridgehead atoms. The van der Waals surface area contributed by atoms with Gasteiger partial charge in [-0.1, -0.05) is 24.3 Å². The van der Waals surface area contributed by atoms with E-state index in [0.29, 0.717) is 11.3 Å². The predicted octanol–water partition coefficient (Wildman–Crippen LogP) is 2.59. The first-order valence-corrected chi connectivity index (χ1v) is 7.02. The standard InChI is InChI=1S/C17H21N3O/c1-12-5-3-4-6-13(12)9-10-20-16-8-7-14(11-15(16)18)17(21)19-2/h3-8,11,20H,9-10,18H2,1-2H3,(H,19,21). The van der Waals surface area contributed by atoms with Crippen molar-refractivity contribution in [1.82, 2.24) is 5.32 Å². The monoisotopic (exact) mass is 283 g/mol. The molecular formula is C17H21N3O. The fourth-order valence-electron chi connectivity index (χ4n) is 2.23. The quantitative estimate of drug-likeness (QED) is 0.739. The summed E-state index contributed by atoms with van der Waals surface area (Å²) in [5.74, 6) is -0.131. The van der Waals surface area contributed by atoms with E-state index in [1.165, 1.54) is 11.1 Å². The highest BCUT2D eigenvalue weighted by Gasteiger charge is 2.06. The van der Waals surface area contributed by atoms with Crippen molar-refractivity contribution in [3.8, 4) is 0 Å². The molecule has 0 spiro atoms. The minimum absolute atomic E-state index is 0.131. The lowest BCUT2D eigenvalue weighted by molar-refractivity contribution is 0.0963. The molecule has 4 N–H and O–H groups in total. The minimum Gasteiger partial charge on any atom is -0.397 e. The number of nitrogens with two attached hydrogens (primary N) is 1. The van der Waals surface area contributed by atoms with Gasteiger partial charge in [-0.15, -0.1) is 0 Å². The number of anilines is 2. The van der Waals surface area contributed by atoms with Gasteiger partial charge >= 0.3 is 0 Å². The molecule has 0 radical (unpaired) electrons. The molecule has 4 heteroatoms. The van der Waals surface area contributed by atoms with Gasteiger partial charge < -0.3 is 16.4 Å². The van der Waals surface area contributed by atoms with E-state index in [1.807, 2.05) is 12.1 Å². The third-order valence-electron chi connectivity index (χ3n) is 3.51. The number of aryl methyl sites for hydroxylation is 1. The smallest absolute Gasteiger partial charge is 0.251 e. The molecule has 0 unspecified atom stereocenters. The fraction of sp³-hybridized carbons (Fsp3) is 0.235. The number of carbonyl (C=O) groups excluding carboxylic acids is 1. The first-order valence-electron chi connectivity index (χ1n) is 7.02. The van der Waals surface area contributed by atoms with Crippen molar-refractivity contribution >= 4 is 17.3 Å². The second-order valence-corrected chi connectivity index (χ2v) is 4.98. The number of nitrogen functional groups attached to an aromatic ring is 1. The van der Waals surface area contributed by atoms with E-state index in [0.717, 1.165) is 18.7 Å². The van der Waals surface area contributed by atoms with Gasteiger partial charge in [0.2, 0.25) is 0 Å². The Kier molecular flexibility index (Phi) is 4.82. The van der Waals surface area contributed by atoms with Gasteiger partial charge in [-0.05, 0) is 42.7 Å². The zero-order valence-electron chi connectivity index (χ0n) is 12.4. The SMILES string of the molecule is CNC(=O)c1ccc(NCCc2ccccc2C)c(N)c1. The largest absolute Gasteiger partial charge is 0.397 e. The van der Waals surface area contributed by atoms with Crippen LogP contribution in [0.25, 0.3) is 0 Å². The van der Waals surface area contributed by atoms with E-state index in [1.54, 1.807) is 19.2 Å². The molecule has 1 amide bonds. The van der Waals surface area contributed by atoms with Crippen LogP contribution in [0.3, 0.4) is 0 Å². The molecule has 2 aromatic carbocycles. The van der Waals surface area contributed by atoms with Gasteiger partial charge in [0, 0.05) is 19.2 Å². The number of rotatable bonds is 5. The first kappa shape index (κ1) is 14.9. The lowest BCUT2D eigenvalue weighted by Crippen LogP contribution is -2.18. The summed E-state index contributed by atoms with van der Waals surface area (Å²) in [6, 6.07) is 13.6. The van der Waals surface area contributed by atoms with Gasteiger partial charge in [0.05, 0.1) is 11.4 Å². The maximum absolute atomic E-state index is 11.5. The number of nitrogens with one attached hydrogen (secondary N) is 2. The molecule has 0 fully saturated rings. The maximum atomic E-state index is 11.5. The van der Waals surface area contributed by atoms with E-state index < -0.39 is 0 Å². The van der Waals surface area contributed by atoms with E-state index in [4.69, 9.17) is 5.73 Å². The number of hydrogen-bond donors (Lipinski definition) is 3. The highest BCUT2D eigenvalue weighted by molar-refractivity contribution is 5.95. The molecular weight excluding hydrogens is 262 g/mol. The maximum Gasteiger partial charge on any atom is 0.251 e. The Morgan fingerprint density at radius 1 is 1.19 bits per heavy atom. The van der Waals surface area contributed by atoms with Gasteiger partial charge in [-0.25, -0.2) is 0 Å². The predicted molar refractivity (Wildman–Crippen MR) is 87.6 cm³/mol. The van der Waals surface area contributed by atoms with Crippen LogP contribution in [0.1, 0.15) is 21.5 Å². The van der Waals surface area contributed by atoms with Crippen LogP contribution in [0, 0.1) is 6.92 Å². The van der Waals surface area contributed by atoms with Crippen molar-refractivity contribution in [2.45, 2.75) is 13.3 Å². The van der Waals surface area contributed by atoms with Gasteiger partial charge in [0.1, 0.15) is 0 Å². The van der Waals surface area contributed by atoms with Crippen molar-refractivity contribution in [3.05, 3.63) is 59.2 Å². The molecule has 0 heterocycles. The molecule has 4 nitrogen and oxygen atoms in total. The van der Waals surface area contributed by atoms with Gasteiger partial charge in [-0.2, -0.15) is 0 Å². The van der Waals surface area contributed by atoms with E-state index in [2.05, 4.69) is 35.8 Å². The molecule has 0 aliphatic rings. The topological polar surface area (TPSA) is 67.2 Å². The number of amides is 1. The van der Waals surface area contributed by atoms with E-state index >= 15 is 0 Å². The second kappa shape index (κ2) is 6.79. The number of hydrogen-bond acceptors (Lipinski definition) is 3. The summed E-state index contributed by atoms with van der Waals surface area (Å²) >= 11 is 0. The minimum atomic E-state index is -0.131. The van der Waals surface area contributed by atoms with Crippen LogP contribution in [0.2, 0.25) is 0 Å². The van der Waals surface area contributed by atoms with Crippen LogP contribution < -0.4 is 16.4 Å². The van der Waals surface area contributed by atoms with Crippen LogP contribution in [-0.2, 0) is 6.42 Å². The zero-order chi connectivity index (χ0) is 15.2. The Bertz CT molecular complexity index is 638. The molecule has 2 rings (SSSR count). The van der Waals surface area contributed by atoms with Crippen LogP contribution >= 0.6 is 0 Å². The Balaban J connectivity index is 1.98. The van der Waals surface area contributed by atoms with E-state index in [9.17, 15) is 4.79 Å². The third kappa shape index (κ3) is 3.75. The van der Waals surface area contributed by atoms with Crippen LogP contribution in [0.4, 0.5) is 11.4 Å². The molecule has 0 aliphatic heterocycles. The van der Waals surface area contributed by atoms with Crippen LogP contribution in [0.5, 0.6) is 0 Å². The Morgan fingerprint density at radius 2 is 1.95 bits per heavy atom. The van der Waals surface area contributed by atoms with E-state index in [-0.39, 0.29) is 5.91 Å². The van der Waals surface area contributed by atoms with Crippen molar-refractivity contribution in [2.24, 2.45) is 0 Å². The van der Waals surface area contributed by atoms with Crippen molar-refractivity contribution in [3.63, 3.8) is 0 Å². The molecule has 110 valence electrons. The fourth-order valence-corrected chi connectivity index (χ4v) is 2.23.